The number of aromatic nitrogens is 1. The highest BCUT2D eigenvalue weighted by atomic mass is 16.3. The summed E-state index contributed by atoms with van der Waals surface area (Å²) in [4.78, 5) is 17.1. The van der Waals surface area contributed by atoms with Gasteiger partial charge in [-0.1, -0.05) is 18.2 Å². The van der Waals surface area contributed by atoms with Crippen molar-refractivity contribution in [2.75, 3.05) is 31.1 Å². The molecule has 2 heterocycles. The number of benzene rings is 1. The zero-order valence-electron chi connectivity index (χ0n) is 10.6. The molecule has 5 nitrogen and oxygen atoms in total. The van der Waals surface area contributed by atoms with Gasteiger partial charge < -0.3 is 20.3 Å². The SMILES string of the molecule is O=c1[nH]c(N2CCNC(CO)C2)cc2ccccc12. The Hall–Kier alpha value is -1.85. The Morgan fingerprint density at radius 1 is 1.37 bits per heavy atom. The van der Waals surface area contributed by atoms with Gasteiger partial charge in [0.05, 0.1) is 6.61 Å². The van der Waals surface area contributed by atoms with Crippen molar-refractivity contribution in [2.24, 2.45) is 0 Å². The molecule has 1 fully saturated rings. The van der Waals surface area contributed by atoms with Crippen LogP contribution in [0.2, 0.25) is 0 Å². The van der Waals surface area contributed by atoms with Gasteiger partial charge in [-0.2, -0.15) is 0 Å². The van der Waals surface area contributed by atoms with Gasteiger partial charge in [0.15, 0.2) is 0 Å². The molecule has 1 aromatic heterocycles. The first-order valence-electron chi connectivity index (χ1n) is 6.49. The maximum Gasteiger partial charge on any atom is 0.257 e. The number of rotatable bonds is 2. The van der Waals surface area contributed by atoms with Crippen LogP contribution in [0.25, 0.3) is 10.8 Å². The molecule has 1 aromatic carbocycles. The molecule has 3 N–H and O–H groups in total. The highest BCUT2D eigenvalue weighted by molar-refractivity contribution is 5.83. The monoisotopic (exact) mass is 259 g/mol. The number of pyridine rings is 1. The zero-order valence-corrected chi connectivity index (χ0v) is 10.6. The first kappa shape index (κ1) is 12.2. The van der Waals surface area contributed by atoms with Gasteiger partial charge in [-0.05, 0) is 17.5 Å². The molecule has 3 rings (SSSR count). The molecule has 1 saturated heterocycles. The van der Waals surface area contributed by atoms with E-state index in [1.54, 1.807) is 0 Å². The number of aliphatic hydroxyl groups is 1. The molecule has 0 bridgehead atoms. The molecule has 1 aliphatic rings. The fourth-order valence-electron chi connectivity index (χ4n) is 2.53. The quantitative estimate of drug-likeness (QED) is 0.725. The summed E-state index contributed by atoms with van der Waals surface area (Å²) in [6, 6.07) is 9.62. The lowest BCUT2D eigenvalue weighted by Gasteiger charge is -2.34. The smallest absolute Gasteiger partial charge is 0.257 e. The van der Waals surface area contributed by atoms with Crippen LogP contribution in [0.4, 0.5) is 5.82 Å². The van der Waals surface area contributed by atoms with Crippen LogP contribution in [0.3, 0.4) is 0 Å². The van der Waals surface area contributed by atoms with E-state index in [4.69, 9.17) is 0 Å². The lowest BCUT2D eigenvalue weighted by Crippen LogP contribution is -2.52. The summed E-state index contributed by atoms with van der Waals surface area (Å²) in [5.41, 5.74) is -0.0628. The third kappa shape index (κ3) is 2.34. The van der Waals surface area contributed by atoms with Crippen LogP contribution in [0, 0.1) is 0 Å². The molecule has 0 spiro atoms. The van der Waals surface area contributed by atoms with Crippen LogP contribution in [0.15, 0.2) is 35.1 Å². The van der Waals surface area contributed by atoms with E-state index in [2.05, 4.69) is 15.2 Å². The van der Waals surface area contributed by atoms with Crippen molar-refractivity contribution in [2.45, 2.75) is 6.04 Å². The van der Waals surface area contributed by atoms with Crippen LogP contribution in [0.1, 0.15) is 0 Å². The van der Waals surface area contributed by atoms with Crippen LogP contribution in [0.5, 0.6) is 0 Å². The van der Waals surface area contributed by atoms with E-state index in [1.165, 1.54) is 0 Å². The Morgan fingerprint density at radius 2 is 2.21 bits per heavy atom. The Kier molecular flexibility index (Phi) is 3.23. The number of hydrogen-bond donors (Lipinski definition) is 3. The van der Waals surface area contributed by atoms with E-state index < -0.39 is 0 Å². The van der Waals surface area contributed by atoms with E-state index >= 15 is 0 Å². The lowest BCUT2D eigenvalue weighted by molar-refractivity contribution is 0.235. The number of aliphatic hydroxyl groups excluding tert-OH is 1. The molecule has 1 aliphatic heterocycles. The molecular formula is C14H17N3O2. The summed E-state index contributed by atoms with van der Waals surface area (Å²) in [5.74, 6) is 0.823. The van der Waals surface area contributed by atoms with Crippen molar-refractivity contribution in [1.29, 1.82) is 0 Å². The number of fused-ring (bicyclic) bond motifs is 1. The molecule has 1 unspecified atom stereocenters. The second-order valence-corrected chi connectivity index (χ2v) is 4.85. The Labute approximate surface area is 110 Å². The average Bonchev–Trinajstić information content (AvgIpc) is 2.47. The summed E-state index contributed by atoms with van der Waals surface area (Å²) in [6.45, 7) is 2.43. The van der Waals surface area contributed by atoms with E-state index in [0.717, 1.165) is 24.3 Å². The summed E-state index contributed by atoms with van der Waals surface area (Å²) in [7, 11) is 0. The molecule has 1 atom stereocenters. The predicted octanol–water partition coefficient (Wildman–Crippen LogP) is 0.299. The van der Waals surface area contributed by atoms with Crippen LogP contribution in [-0.2, 0) is 0 Å². The Balaban J connectivity index is 1.99. The van der Waals surface area contributed by atoms with Gasteiger partial charge in [-0.25, -0.2) is 0 Å². The number of hydrogen-bond acceptors (Lipinski definition) is 4. The predicted molar refractivity (Wildman–Crippen MR) is 75.7 cm³/mol. The van der Waals surface area contributed by atoms with Crippen molar-refractivity contribution in [1.82, 2.24) is 10.3 Å². The molecule has 0 saturated carbocycles. The fourth-order valence-corrected chi connectivity index (χ4v) is 2.53. The lowest BCUT2D eigenvalue weighted by atomic mass is 10.1. The van der Waals surface area contributed by atoms with E-state index in [1.807, 2.05) is 30.3 Å². The summed E-state index contributed by atoms with van der Waals surface area (Å²) in [5, 5.41) is 14.1. The van der Waals surface area contributed by atoms with Gasteiger partial charge >= 0.3 is 0 Å². The van der Waals surface area contributed by atoms with Crippen molar-refractivity contribution >= 4 is 16.6 Å². The number of nitrogens with one attached hydrogen (secondary N) is 2. The molecule has 2 aromatic rings. The largest absolute Gasteiger partial charge is 0.395 e. The third-order valence-corrected chi connectivity index (χ3v) is 3.56. The fraction of sp³-hybridized carbons (Fsp3) is 0.357. The maximum atomic E-state index is 12.0. The van der Waals surface area contributed by atoms with Gasteiger partial charge in [0.1, 0.15) is 5.82 Å². The highest BCUT2D eigenvalue weighted by Gasteiger charge is 2.19. The molecule has 5 heteroatoms. The Bertz CT molecular complexity index is 638. The minimum atomic E-state index is -0.0628. The highest BCUT2D eigenvalue weighted by Crippen LogP contribution is 2.17. The standard InChI is InChI=1S/C14H17N3O2/c18-9-11-8-17(6-5-15-11)13-7-10-3-1-2-4-12(10)14(19)16-13/h1-4,7,11,15,18H,5-6,8-9H2,(H,16,19). The molecule has 0 aliphatic carbocycles. The normalized spacial score (nSPS) is 19.8. The average molecular weight is 259 g/mol. The maximum absolute atomic E-state index is 12.0. The van der Waals surface area contributed by atoms with Crippen LogP contribution >= 0.6 is 0 Å². The van der Waals surface area contributed by atoms with E-state index in [9.17, 15) is 9.90 Å². The summed E-state index contributed by atoms with van der Waals surface area (Å²) >= 11 is 0. The van der Waals surface area contributed by atoms with Crippen LogP contribution < -0.4 is 15.8 Å². The van der Waals surface area contributed by atoms with Crippen molar-refractivity contribution in [3.05, 3.63) is 40.7 Å². The molecule has 100 valence electrons. The van der Waals surface area contributed by atoms with Crippen molar-refractivity contribution < 1.29 is 5.11 Å². The van der Waals surface area contributed by atoms with Gasteiger partial charge in [0, 0.05) is 31.1 Å². The van der Waals surface area contributed by atoms with Gasteiger partial charge in [0.25, 0.3) is 5.56 Å². The van der Waals surface area contributed by atoms with Crippen LogP contribution in [-0.4, -0.2) is 42.4 Å². The molecule has 19 heavy (non-hydrogen) atoms. The minimum Gasteiger partial charge on any atom is -0.395 e. The third-order valence-electron chi connectivity index (χ3n) is 3.56. The van der Waals surface area contributed by atoms with Crippen molar-refractivity contribution in [3.8, 4) is 0 Å². The number of aromatic amines is 1. The minimum absolute atomic E-state index is 0.0590. The summed E-state index contributed by atoms with van der Waals surface area (Å²) in [6.07, 6.45) is 0. The topological polar surface area (TPSA) is 68.4 Å². The van der Waals surface area contributed by atoms with Gasteiger partial charge in [-0.15, -0.1) is 0 Å². The summed E-state index contributed by atoms with van der Waals surface area (Å²) < 4.78 is 0. The van der Waals surface area contributed by atoms with Crippen molar-refractivity contribution in [3.63, 3.8) is 0 Å². The van der Waals surface area contributed by atoms with Gasteiger partial charge in [0.2, 0.25) is 0 Å². The number of nitrogens with zero attached hydrogens (tertiary/aromatic N) is 1. The number of anilines is 1. The first-order valence-corrected chi connectivity index (χ1v) is 6.49. The van der Waals surface area contributed by atoms with E-state index in [0.29, 0.717) is 11.9 Å². The second-order valence-electron chi connectivity index (χ2n) is 4.85. The molecular weight excluding hydrogens is 242 g/mol. The first-order chi connectivity index (χ1) is 9.28. The van der Waals surface area contributed by atoms with Gasteiger partial charge in [-0.3, -0.25) is 4.79 Å². The van der Waals surface area contributed by atoms with E-state index in [-0.39, 0.29) is 18.2 Å². The zero-order chi connectivity index (χ0) is 13.2. The number of piperazine rings is 1. The molecule has 0 radical (unpaired) electrons. The second kappa shape index (κ2) is 5.03. The number of H-pyrrole nitrogens is 1. The Morgan fingerprint density at radius 3 is 3.05 bits per heavy atom. The molecule has 0 amide bonds.